The summed E-state index contributed by atoms with van der Waals surface area (Å²) in [5.74, 6) is 0.0240. The molecule has 1 aromatic heterocycles. The third kappa shape index (κ3) is 3.33. The topological polar surface area (TPSA) is 67.6 Å². The van der Waals surface area contributed by atoms with Gasteiger partial charge >= 0.3 is 0 Å². The van der Waals surface area contributed by atoms with Crippen molar-refractivity contribution >= 4 is 17.2 Å². The molecule has 2 unspecified atom stereocenters. The van der Waals surface area contributed by atoms with Crippen molar-refractivity contribution in [1.82, 2.24) is 10.2 Å². The van der Waals surface area contributed by atoms with Gasteiger partial charge in [-0.05, 0) is 29.3 Å². The minimum atomic E-state index is -0.248. The average molecular weight is 283 g/mol. The van der Waals surface area contributed by atoms with Crippen LogP contribution in [0.4, 0.5) is 0 Å². The maximum absolute atomic E-state index is 12.1. The minimum absolute atomic E-state index is 0.0240. The Morgan fingerprint density at radius 1 is 1.74 bits per heavy atom. The summed E-state index contributed by atoms with van der Waals surface area (Å²) in [4.78, 5) is 14.3. The van der Waals surface area contributed by atoms with Gasteiger partial charge < -0.3 is 15.8 Å². The first-order chi connectivity index (χ1) is 9.27. The normalized spacial score (nSPS) is 22.1. The number of carbonyl (C=O) groups excluding carboxylic acids is 1. The van der Waals surface area contributed by atoms with Crippen molar-refractivity contribution in [2.24, 2.45) is 5.73 Å². The highest BCUT2D eigenvalue weighted by Gasteiger charge is 2.34. The Morgan fingerprint density at radius 2 is 2.58 bits per heavy atom. The Morgan fingerprint density at radius 3 is 3.21 bits per heavy atom. The Balaban J connectivity index is 2.15. The maximum atomic E-state index is 12.1. The van der Waals surface area contributed by atoms with Crippen molar-refractivity contribution < 1.29 is 9.53 Å². The second-order valence-electron chi connectivity index (χ2n) is 4.53. The molecule has 1 aliphatic heterocycles. The quantitative estimate of drug-likeness (QED) is 0.830. The fraction of sp³-hybridized carbons (Fsp3) is 0.615. The van der Waals surface area contributed by atoms with E-state index in [2.05, 4.69) is 21.7 Å². The van der Waals surface area contributed by atoms with E-state index >= 15 is 0 Å². The molecule has 2 heterocycles. The van der Waals surface area contributed by atoms with Crippen LogP contribution in [-0.2, 0) is 9.53 Å². The van der Waals surface area contributed by atoms with Crippen LogP contribution in [0.1, 0.15) is 18.5 Å². The molecular formula is C13H21N3O2S. The fourth-order valence-electron chi connectivity index (χ4n) is 2.44. The zero-order chi connectivity index (χ0) is 13.7. The molecule has 1 fully saturated rings. The highest BCUT2D eigenvalue weighted by Crippen LogP contribution is 2.25. The molecule has 2 rings (SSSR count). The molecule has 0 aliphatic carbocycles. The number of nitrogens with one attached hydrogen (secondary N) is 1. The van der Waals surface area contributed by atoms with E-state index in [4.69, 9.17) is 10.5 Å². The van der Waals surface area contributed by atoms with Crippen LogP contribution < -0.4 is 11.1 Å². The van der Waals surface area contributed by atoms with Gasteiger partial charge in [-0.3, -0.25) is 9.69 Å². The molecule has 1 aromatic rings. The number of likely N-dealkylation sites (N-methyl/N-ethyl adjacent to an activating group) is 1. The number of morpholine rings is 1. The van der Waals surface area contributed by atoms with Gasteiger partial charge in [0.25, 0.3) is 0 Å². The summed E-state index contributed by atoms with van der Waals surface area (Å²) in [6.45, 7) is 4.88. The molecular weight excluding hydrogens is 262 g/mol. The summed E-state index contributed by atoms with van der Waals surface area (Å²) in [6, 6.07) is 1.91. The number of nitrogens with zero attached hydrogens (tertiary/aromatic N) is 1. The highest BCUT2D eigenvalue weighted by atomic mass is 32.1. The number of amides is 1. The molecule has 0 saturated carbocycles. The summed E-state index contributed by atoms with van der Waals surface area (Å²) >= 11 is 1.65. The zero-order valence-corrected chi connectivity index (χ0v) is 12.0. The highest BCUT2D eigenvalue weighted by molar-refractivity contribution is 7.07. The lowest BCUT2D eigenvalue weighted by Gasteiger charge is -2.39. The Kier molecular flexibility index (Phi) is 5.33. The molecule has 3 N–H and O–H groups in total. The largest absolute Gasteiger partial charge is 0.378 e. The van der Waals surface area contributed by atoms with Gasteiger partial charge in [-0.25, -0.2) is 0 Å². The van der Waals surface area contributed by atoms with Crippen LogP contribution >= 0.6 is 11.3 Å². The van der Waals surface area contributed by atoms with Crippen molar-refractivity contribution in [3.63, 3.8) is 0 Å². The molecule has 0 bridgehead atoms. The van der Waals surface area contributed by atoms with E-state index in [-0.39, 0.29) is 18.0 Å². The van der Waals surface area contributed by atoms with Crippen LogP contribution in [-0.4, -0.2) is 49.7 Å². The molecule has 0 spiro atoms. The van der Waals surface area contributed by atoms with Crippen LogP contribution in [0.2, 0.25) is 0 Å². The summed E-state index contributed by atoms with van der Waals surface area (Å²) in [7, 11) is 0. The van der Waals surface area contributed by atoms with Crippen LogP contribution in [0.25, 0.3) is 0 Å². The van der Waals surface area contributed by atoms with E-state index in [0.717, 1.165) is 6.54 Å². The Hall–Kier alpha value is -0.950. The first-order valence-corrected chi connectivity index (χ1v) is 7.55. The van der Waals surface area contributed by atoms with Gasteiger partial charge in [0.05, 0.1) is 13.2 Å². The van der Waals surface area contributed by atoms with Gasteiger partial charge in [-0.2, -0.15) is 11.3 Å². The molecule has 19 heavy (non-hydrogen) atoms. The van der Waals surface area contributed by atoms with Gasteiger partial charge in [0.1, 0.15) is 6.04 Å². The van der Waals surface area contributed by atoms with Gasteiger partial charge in [0.15, 0.2) is 0 Å². The van der Waals surface area contributed by atoms with Gasteiger partial charge in [0.2, 0.25) is 5.91 Å². The summed E-state index contributed by atoms with van der Waals surface area (Å²) in [5.41, 5.74) is 7.11. The lowest BCUT2D eigenvalue weighted by Crippen LogP contribution is -2.55. The Labute approximate surface area is 117 Å². The minimum Gasteiger partial charge on any atom is -0.378 e. The molecule has 0 aromatic carbocycles. The van der Waals surface area contributed by atoms with Gasteiger partial charge in [-0.1, -0.05) is 0 Å². The number of nitrogens with two attached hydrogens (primary N) is 1. The molecule has 1 aliphatic rings. The summed E-state index contributed by atoms with van der Waals surface area (Å²) in [6.07, 6.45) is 0. The van der Waals surface area contributed by atoms with E-state index in [9.17, 15) is 4.79 Å². The number of ether oxygens (including phenoxy) is 1. The third-order valence-corrected chi connectivity index (χ3v) is 4.08. The zero-order valence-electron chi connectivity index (χ0n) is 11.2. The van der Waals surface area contributed by atoms with E-state index in [1.165, 1.54) is 5.56 Å². The smallest absolute Gasteiger partial charge is 0.239 e. The molecule has 5 nitrogen and oxygen atoms in total. The predicted octanol–water partition coefficient (Wildman–Crippen LogP) is 0.585. The van der Waals surface area contributed by atoms with Gasteiger partial charge in [0, 0.05) is 25.7 Å². The molecule has 1 saturated heterocycles. The van der Waals surface area contributed by atoms with Crippen molar-refractivity contribution in [3.05, 3.63) is 22.4 Å². The number of hydrogen-bond acceptors (Lipinski definition) is 5. The van der Waals surface area contributed by atoms with E-state index in [1.807, 2.05) is 12.3 Å². The molecule has 0 radical (unpaired) electrons. The summed E-state index contributed by atoms with van der Waals surface area (Å²) < 4.78 is 5.45. The maximum Gasteiger partial charge on any atom is 0.239 e. The first kappa shape index (κ1) is 14.5. The first-order valence-electron chi connectivity index (χ1n) is 6.61. The van der Waals surface area contributed by atoms with Crippen LogP contribution in [0.3, 0.4) is 0 Å². The Bertz CT molecular complexity index is 397. The average Bonchev–Trinajstić information content (AvgIpc) is 2.94. The molecule has 6 heteroatoms. The SMILES string of the molecule is CCNC(=O)C1COCCN1C(CN)c1ccsc1. The standard InChI is InChI=1S/C13H21N3O2S/c1-2-15-13(17)12-8-18-5-4-16(12)11(7-14)10-3-6-19-9-10/h3,6,9,11-12H,2,4-5,7-8,14H2,1H3,(H,15,17). The number of rotatable bonds is 5. The lowest BCUT2D eigenvalue weighted by atomic mass is 10.1. The summed E-state index contributed by atoms with van der Waals surface area (Å²) in [5, 5.41) is 7.01. The van der Waals surface area contributed by atoms with Crippen molar-refractivity contribution in [3.8, 4) is 0 Å². The molecule has 2 atom stereocenters. The monoisotopic (exact) mass is 283 g/mol. The fourth-order valence-corrected chi connectivity index (χ4v) is 3.14. The van der Waals surface area contributed by atoms with Crippen molar-refractivity contribution in [1.29, 1.82) is 0 Å². The number of carbonyl (C=O) groups is 1. The molecule has 1 amide bonds. The van der Waals surface area contributed by atoms with E-state index in [0.29, 0.717) is 26.3 Å². The third-order valence-electron chi connectivity index (χ3n) is 3.38. The van der Waals surface area contributed by atoms with Crippen LogP contribution in [0.5, 0.6) is 0 Å². The van der Waals surface area contributed by atoms with Crippen molar-refractivity contribution in [2.75, 3.05) is 32.8 Å². The molecule has 106 valence electrons. The van der Waals surface area contributed by atoms with E-state index < -0.39 is 0 Å². The number of thiophene rings is 1. The van der Waals surface area contributed by atoms with Crippen LogP contribution in [0.15, 0.2) is 16.8 Å². The van der Waals surface area contributed by atoms with Gasteiger partial charge in [-0.15, -0.1) is 0 Å². The van der Waals surface area contributed by atoms with E-state index in [1.54, 1.807) is 11.3 Å². The van der Waals surface area contributed by atoms with Crippen LogP contribution in [0, 0.1) is 0 Å². The number of hydrogen-bond donors (Lipinski definition) is 2. The second-order valence-corrected chi connectivity index (χ2v) is 5.31. The second kappa shape index (κ2) is 7.00. The lowest BCUT2D eigenvalue weighted by molar-refractivity contribution is -0.134. The van der Waals surface area contributed by atoms with Crippen molar-refractivity contribution in [2.45, 2.75) is 19.0 Å². The predicted molar refractivity (Wildman–Crippen MR) is 76.1 cm³/mol.